The van der Waals surface area contributed by atoms with Crippen molar-refractivity contribution in [3.63, 3.8) is 0 Å². The van der Waals surface area contributed by atoms with Gasteiger partial charge >= 0.3 is 6.03 Å². The number of aromatic nitrogens is 1. The number of aliphatic hydroxyl groups is 1. The van der Waals surface area contributed by atoms with Crippen molar-refractivity contribution < 1.29 is 9.90 Å². The van der Waals surface area contributed by atoms with Gasteiger partial charge in [-0.15, -0.1) is 0 Å². The maximum Gasteiger partial charge on any atom is 0.323 e. The summed E-state index contributed by atoms with van der Waals surface area (Å²) in [5.74, 6) is 0.574. The van der Waals surface area contributed by atoms with Gasteiger partial charge in [0.1, 0.15) is 5.82 Å². The first-order chi connectivity index (χ1) is 13.7. The summed E-state index contributed by atoms with van der Waals surface area (Å²) in [5.41, 5.74) is 3.15. The number of hydrogen-bond donors (Lipinski definition) is 2. The quantitative estimate of drug-likeness (QED) is 0.819. The molecule has 2 saturated heterocycles. The van der Waals surface area contributed by atoms with Crippen LogP contribution < -0.4 is 5.32 Å². The van der Waals surface area contributed by atoms with Gasteiger partial charge in [0.05, 0.1) is 6.61 Å². The largest absolute Gasteiger partial charge is 0.396 e. The number of nitrogens with one attached hydrogen (secondary N) is 1. The molecule has 29 heavy (non-hydrogen) atoms. The Labute approximate surface area is 173 Å². The average Bonchev–Trinajstić information content (AvgIpc) is 2.67. The highest BCUT2D eigenvalue weighted by Gasteiger charge is 2.61. The number of carbonyl (C=O) groups is 1. The number of aliphatic hydroxyl groups excluding tert-OH is 1. The molecule has 0 spiro atoms. The van der Waals surface area contributed by atoms with Crippen molar-refractivity contribution in [1.82, 2.24) is 9.88 Å². The van der Waals surface area contributed by atoms with E-state index in [1.165, 1.54) is 11.1 Å². The zero-order chi connectivity index (χ0) is 20.9. The molecule has 5 heteroatoms. The van der Waals surface area contributed by atoms with Crippen LogP contribution in [-0.4, -0.2) is 40.7 Å². The Morgan fingerprint density at radius 2 is 1.86 bits per heavy atom. The van der Waals surface area contributed by atoms with Crippen LogP contribution in [0, 0.1) is 12.3 Å². The van der Waals surface area contributed by atoms with E-state index in [0.717, 1.165) is 18.5 Å². The monoisotopic (exact) mass is 393 g/mol. The number of aryl methyl sites for hydroxylation is 1. The van der Waals surface area contributed by atoms with Crippen molar-refractivity contribution in [3.05, 3.63) is 59.3 Å². The van der Waals surface area contributed by atoms with E-state index < -0.39 is 0 Å². The summed E-state index contributed by atoms with van der Waals surface area (Å²) >= 11 is 0. The number of hydrogen-bond acceptors (Lipinski definition) is 3. The third kappa shape index (κ3) is 3.52. The van der Waals surface area contributed by atoms with E-state index in [0.29, 0.717) is 18.9 Å². The number of fused-ring (bicyclic) bond motifs is 2. The Morgan fingerprint density at radius 3 is 2.52 bits per heavy atom. The van der Waals surface area contributed by atoms with Crippen molar-refractivity contribution >= 4 is 11.8 Å². The topological polar surface area (TPSA) is 65.5 Å². The predicted molar refractivity (Wildman–Crippen MR) is 115 cm³/mol. The van der Waals surface area contributed by atoms with Gasteiger partial charge in [0.15, 0.2) is 0 Å². The second-order valence-corrected chi connectivity index (χ2v) is 10.1. The molecule has 1 saturated carbocycles. The van der Waals surface area contributed by atoms with Gasteiger partial charge in [0.25, 0.3) is 0 Å². The summed E-state index contributed by atoms with van der Waals surface area (Å²) in [6, 6.07) is 14.0. The highest BCUT2D eigenvalue weighted by molar-refractivity contribution is 5.88. The second-order valence-electron chi connectivity index (χ2n) is 10.1. The van der Waals surface area contributed by atoms with Crippen molar-refractivity contribution in [3.8, 4) is 0 Å². The minimum absolute atomic E-state index is 0.0651. The fraction of sp³-hybridized carbons (Fsp3) is 0.500. The Balaban J connectivity index is 1.56. The normalized spacial score (nSPS) is 26.0. The molecule has 2 amide bonds. The van der Waals surface area contributed by atoms with Gasteiger partial charge in [-0.25, -0.2) is 9.78 Å². The third-order valence-corrected chi connectivity index (χ3v) is 6.54. The maximum absolute atomic E-state index is 13.1. The molecular formula is C24H31N3O2. The molecule has 2 aromatic rings. The van der Waals surface area contributed by atoms with Crippen LogP contribution in [0.15, 0.2) is 42.5 Å². The van der Waals surface area contributed by atoms with Gasteiger partial charge in [0.2, 0.25) is 0 Å². The van der Waals surface area contributed by atoms with Crippen LogP contribution in [0.3, 0.4) is 0 Å². The molecule has 2 bridgehead atoms. The van der Waals surface area contributed by atoms with Crippen LogP contribution in [0.4, 0.5) is 10.6 Å². The van der Waals surface area contributed by atoms with Gasteiger partial charge in [-0.1, -0.05) is 51.1 Å². The van der Waals surface area contributed by atoms with Gasteiger partial charge in [-0.2, -0.15) is 0 Å². The Kier molecular flexibility index (Phi) is 4.69. The molecule has 0 unspecified atom stereocenters. The lowest BCUT2D eigenvalue weighted by Gasteiger charge is -2.63. The summed E-state index contributed by atoms with van der Waals surface area (Å²) < 4.78 is 0. The van der Waals surface area contributed by atoms with E-state index in [4.69, 9.17) is 0 Å². The highest BCUT2D eigenvalue weighted by atomic mass is 16.3. The molecule has 5 nitrogen and oxygen atoms in total. The number of urea groups is 1. The zero-order valence-corrected chi connectivity index (χ0v) is 17.8. The number of piperidine rings is 2. The van der Waals surface area contributed by atoms with Crippen LogP contribution in [-0.2, 0) is 10.8 Å². The third-order valence-electron chi connectivity index (χ3n) is 6.54. The average molecular weight is 394 g/mol. The summed E-state index contributed by atoms with van der Waals surface area (Å²) in [6.45, 7) is 9.82. The Morgan fingerprint density at radius 1 is 1.14 bits per heavy atom. The van der Waals surface area contributed by atoms with Crippen LogP contribution in [0.1, 0.15) is 50.4 Å². The molecule has 0 atom stereocenters. The Bertz CT molecular complexity index is 926. The number of pyridine rings is 1. The standard InChI is InChI=1S/C24H31N3O2/c1-17-8-5-6-9-18(17)24-12-23(13-24,16-28)14-27(15-24)21(29)26-20-11-7-10-19(25-20)22(2,3)4/h5-11,28H,12-16H2,1-4H3,(H,25,26,29). The SMILES string of the molecule is Cc1ccccc1C12CN(C(=O)Nc3cccc(C(C)(C)C)n3)CC(CO)(C1)C2. The molecule has 1 aromatic carbocycles. The van der Waals surface area contributed by atoms with Gasteiger partial charge in [0, 0.05) is 35.0 Å². The molecule has 2 aliphatic heterocycles. The lowest BCUT2D eigenvalue weighted by molar-refractivity contribution is -0.0974. The smallest absolute Gasteiger partial charge is 0.323 e. The fourth-order valence-electron chi connectivity index (χ4n) is 5.29. The van der Waals surface area contributed by atoms with Gasteiger partial charge in [-0.05, 0) is 43.0 Å². The first-order valence-corrected chi connectivity index (χ1v) is 10.4. The molecule has 154 valence electrons. The van der Waals surface area contributed by atoms with E-state index in [-0.39, 0.29) is 28.9 Å². The second kappa shape index (κ2) is 6.84. The molecule has 3 fully saturated rings. The van der Waals surface area contributed by atoms with Crippen LogP contribution in [0.5, 0.6) is 0 Å². The predicted octanol–water partition coefficient (Wildman–Crippen LogP) is 4.25. The number of carbonyl (C=O) groups excluding carboxylic acids is 1. The van der Waals surface area contributed by atoms with E-state index in [9.17, 15) is 9.90 Å². The minimum atomic E-state index is -0.196. The van der Waals surface area contributed by atoms with Gasteiger partial charge in [-0.3, -0.25) is 5.32 Å². The first kappa shape index (κ1) is 19.9. The molecular weight excluding hydrogens is 362 g/mol. The number of amides is 2. The first-order valence-electron chi connectivity index (χ1n) is 10.4. The number of rotatable bonds is 3. The molecule has 0 radical (unpaired) electrons. The van der Waals surface area contributed by atoms with Crippen molar-refractivity contribution in [2.45, 2.75) is 51.4 Å². The Hall–Kier alpha value is -2.40. The van der Waals surface area contributed by atoms with E-state index >= 15 is 0 Å². The van der Waals surface area contributed by atoms with E-state index in [1.54, 1.807) is 0 Å². The van der Waals surface area contributed by atoms with Crippen molar-refractivity contribution in [2.24, 2.45) is 5.41 Å². The molecule has 2 N–H and O–H groups in total. The van der Waals surface area contributed by atoms with Gasteiger partial charge < -0.3 is 10.0 Å². The summed E-state index contributed by atoms with van der Waals surface area (Å²) in [7, 11) is 0. The van der Waals surface area contributed by atoms with Crippen LogP contribution in [0.25, 0.3) is 0 Å². The molecule has 3 heterocycles. The number of benzene rings is 1. The summed E-state index contributed by atoms with van der Waals surface area (Å²) in [5, 5.41) is 13.0. The van der Waals surface area contributed by atoms with Crippen molar-refractivity contribution in [1.29, 1.82) is 0 Å². The summed E-state index contributed by atoms with van der Waals surface area (Å²) in [6.07, 6.45) is 1.87. The minimum Gasteiger partial charge on any atom is -0.396 e. The fourth-order valence-corrected chi connectivity index (χ4v) is 5.29. The van der Waals surface area contributed by atoms with Crippen molar-refractivity contribution in [2.75, 3.05) is 25.0 Å². The molecule has 1 aliphatic carbocycles. The lowest BCUT2D eigenvalue weighted by Crippen LogP contribution is -2.68. The molecule has 1 aromatic heterocycles. The number of nitrogens with zero attached hydrogens (tertiary/aromatic N) is 2. The zero-order valence-electron chi connectivity index (χ0n) is 17.8. The van der Waals surface area contributed by atoms with Crippen LogP contribution in [0.2, 0.25) is 0 Å². The molecule has 3 aliphatic rings. The number of anilines is 1. The van der Waals surface area contributed by atoms with Crippen LogP contribution >= 0.6 is 0 Å². The maximum atomic E-state index is 13.1. The van der Waals surface area contributed by atoms with E-state index in [1.807, 2.05) is 23.1 Å². The van der Waals surface area contributed by atoms with E-state index in [2.05, 4.69) is 62.3 Å². The lowest BCUT2D eigenvalue weighted by atomic mass is 9.47. The highest BCUT2D eigenvalue weighted by Crippen LogP contribution is 2.60. The summed E-state index contributed by atoms with van der Waals surface area (Å²) in [4.78, 5) is 19.6. The molecule has 5 rings (SSSR count).